The summed E-state index contributed by atoms with van der Waals surface area (Å²) in [6.07, 6.45) is 0.407. The summed E-state index contributed by atoms with van der Waals surface area (Å²) in [5.74, 6) is 1.36. The average molecular weight is 654 g/mol. The third-order valence-corrected chi connectivity index (χ3v) is 6.37. The number of aliphatic hydroxyl groups is 1. The van der Waals surface area contributed by atoms with Crippen molar-refractivity contribution >= 4 is 40.8 Å². The van der Waals surface area contributed by atoms with Crippen molar-refractivity contribution in [3.05, 3.63) is 56.3 Å². The zero-order chi connectivity index (χ0) is 28.5. The predicted octanol–water partition coefficient (Wildman–Crippen LogP) is 2.83. The molecule has 1 heterocycles. The van der Waals surface area contributed by atoms with Crippen LogP contribution in [0.2, 0.25) is 0 Å². The first-order valence-electron chi connectivity index (χ1n) is 11.9. The SMILES string of the molecule is CCOc1cc([C@H]2NC(=O)NC(C)=C2C(=O)OC)ccc1OC[C@@H](O)N/N=C\c1cc(I)c(OC)c(OC)c1. The Morgan fingerprint density at radius 1 is 1.15 bits per heavy atom. The number of carbonyl (C=O) groups excluding carboxylic acids is 2. The van der Waals surface area contributed by atoms with Gasteiger partial charge in [-0.15, -0.1) is 0 Å². The molecule has 12 nitrogen and oxygen atoms in total. The molecule has 0 saturated heterocycles. The second-order valence-electron chi connectivity index (χ2n) is 8.15. The molecule has 0 spiro atoms. The van der Waals surface area contributed by atoms with Crippen LogP contribution in [0.3, 0.4) is 0 Å². The molecule has 13 heteroatoms. The van der Waals surface area contributed by atoms with Gasteiger partial charge in [-0.05, 0) is 71.8 Å². The maximum atomic E-state index is 12.4. The maximum absolute atomic E-state index is 12.4. The minimum atomic E-state index is -1.13. The van der Waals surface area contributed by atoms with Gasteiger partial charge >= 0.3 is 12.0 Å². The highest BCUT2D eigenvalue weighted by Crippen LogP contribution is 2.35. The van der Waals surface area contributed by atoms with Gasteiger partial charge in [-0.2, -0.15) is 5.10 Å². The Morgan fingerprint density at radius 2 is 1.92 bits per heavy atom. The van der Waals surface area contributed by atoms with Crippen LogP contribution in [0.15, 0.2) is 46.7 Å². The Bertz CT molecular complexity index is 1270. The fourth-order valence-electron chi connectivity index (χ4n) is 3.83. The van der Waals surface area contributed by atoms with Gasteiger partial charge in [-0.3, -0.25) is 5.43 Å². The Labute approximate surface area is 239 Å². The number of hydrogen-bond acceptors (Lipinski definition) is 10. The molecule has 0 fully saturated rings. The lowest BCUT2D eigenvalue weighted by atomic mass is 9.95. The van der Waals surface area contributed by atoms with Gasteiger partial charge in [0.15, 0.2) is 29.2 Å². The zero-order valence-electron chi connectivity index (χ0n) is 22.2. The number of nitrogens with one attached hydrogen (secondary N) is 3. The minimum Gasteiger partial charge on any atom is -0.493 e. The van der Waals surface area contributed by atoms with Crippen LogP contribution in [0, 0.1) is 3.57 Å². The fraction of sp³-hybridized carbons (Fsp3) is 0.346. The van der Waals surface area contributed by atoms with Gasteiger partial charge in [0.05, 0.1) is 49.3 Å². The summed E-state index contributed by atoms with van der Waals surface area (Å²) in [5.41, 5.74) is 4.61. The smallest absolute Gasteiger partial charge is 0.337 e. The van der Waals surface area contributed by atoms with E-state index in [1.54, 1.807) is 45.4 Å². The number of halogens is 1. The molecule has 0 unspecified atom stereocenters. The van der Waals surface area contributed by atoms with Crippen LogP contribution >= 0.6 is 22.6 Å². The number of amides is 2. The van der Waals surface area contributed by atoms with E-state index in [4.69, 9.17) is 23.7 Å². The summed E-state index contributed by atoms with van der Waals surface area (Å²) in [7, 11) is 4.39. The van der Waals surface area contributed by atoms with Crippen LogP contribution in [0.4, 0.5) is 4.79 Å². The number of methoxy groups -OCH3 is 3. The van der Waals surface area contributed by atoms with Crippen LogP contribution in [0.5, 0.6) is 23.0 Å². The summed E-state index contributed by atoms with van der Waals surface area (Å²) in [6, 6.07) is 7.43. The molecular formula is C26H31IN4O8. The van der Waals surface area contributed by atoms with E-state index in [1.165, 1.54) is 13.3 Å². The third kappa shape index (κ3) is 7.44. The molecule has 1 aliphatic heterocycles. The van der Waals surface area contributed by atoms with Crippen molar-refractivity contribution in [2.75, 3.05) is 34.5 Å². The molecule has 39 heavy (non-hydrogen) atoms. The van der Waals surface area contributed by atoms with E-state index in [2.05, 4.69) is 43.8 Å². The molecule has 2 aromatic rings. The third-order valence-electron chi connectivity index (χ3n) is 5.57. The van der Waals surface area contributed by atoms with Crippen LogP contribution in [-0.4, -0.2) is 64.1 Å². The zero-order valence-corrected chi connectivity index (χ0v) is 24.3. The molecule has 0 saturated carbocycles. The first-order valence-corrected chi connectivity index (χ1v) is 12.9. The number of urea groups is 1. The largest absolute Gasteiger partial charge is 0.493 e. The van der Waals surface area contributed by atoms with Gasteiger partial charge in [-0.25, -0.2) is 9.59 Å². The Morgan fingerprint density at radius 3 is 2.59 bits per heavy atom. The number of ether oxygens (including phenoxy) is 5. The van der Waals surface area contributed by atoms with Crippen LogP contribution in [0.25, 0.3) is 0 Å². The van der Waals surface area contributed by atoms with Gasteiger partial charge < -0.3 is 39.4 Å². The van der Waals surface area contributed by atoms with Gasteiger partial charge in [0.1, 0.15) is 6.61 Å². The number of allylic oxidation sites excluding steroid dienone is 1. The Hall–Kier alpha value is -3.72. The fourth-order valence-corrected chi connectivity index (χ4v) is 4.68. The molecule has 0 aliphatic carbocycles. The number of aliphatic hydroxyl groups excluding tert-OH is 1. The van der Waals surface area contributed by atoms with E-state index in [1.807, 2.05) is 13.0 Å². The van der Waals surface area contributed by atoms with E-state index in [9.17, 15) is 14.7 Å². The van der Waals surface area contributed by atoms with E-state index >= 15 is 0 Å². The number of benzene rings is 2. The standard InChI is InChI=1S/C26H31IN4O8/c1-6-38-19-11-16(23-22(25(33)37-5)14(2)29-26(34)30-23)7-8-18(19)39-13-21(32)31-28-12-15-9-17(27)24(36-4)20(10-15)35-3/h7-12,21,23,31-32H,6,13H2,1-5H3,(H2,29,30,34)/b28-12-/t21-,23-/m1/s1. The first kappa shape index (κ1) is 29.8. The van der Waals surface area contributed by atoms with E-state index in [-0.39, 0.29) is 12.2 Å². The summed E-state index contributed by atoms with van der Waals surface area (Å²) in [5, 5.41) is 19.7. The van der Waals surface area contributed by atoms with Gasteiger partial charge in [0.25, 0.3) is 0 Å². The second kappa shape index (κ2) is 13.9. The highest BCUT2D eigenvalue weighted by Gasteiger charge is 2.32. The minimum absolute atomic E-state index is 0.142. The predicted molar refractivity (Wildman–Crippen MR) is 151 cm³/mol. The van der Waals surface area contributed by atoms with E-state index in [0.717, 1.165) is 9.13 Å². The van der Waals surface area contributed by atoms with Crippen molar-refractivity contribution in [1.82, 2.24) is 16.1 Å². The topological polar surface area (TPSA) is 149 Å². The lowest BCUT2D eigenvalue weighted by molar-refractivity contribution is -0.136. The number of nitrogens with zero attached hydrogens (tertiary/aromatic N) is 1. The lowest BCUT2D eigenvalue weighted by Crippen LogP contribution is -2.45. The molecule has 1 aliphatic rings. The monoisotopic (exact) mass is 654 g/mol. The van der Waals surface area contributed by atoms with E-state index < -0.39 is 24.3 Å². The molecule has 210 valence electrons. The number of hydrogen-bond donors (Lipinski definition) is 4. The number of hydrazone groups is 1. The molecule has 2 atom stereocenters. The normalized spacial score (nSPS) is 15.8. The molecule has 0 bridgehead atoms. The molecule has 4 N–H and O–H groups in total. The average Bonchev–Trinajstić information content (AvgIpc) is 2.91. The quantitative estimate of drug-likeness (QED) is 0.0892. The van der Waals surface area contributed by atoms with Crippen molar-refractivity contribution in [3.63, 3.8) is 0 Å². The van der Waals surface area contributed by atoms with Crippen molar-refractivity contribution in [3.8, 4) is 23.0 Å². The van der Waals surface area contributed by atoms with Gasteiger partial charge in [-0.1, -0.05) is 6.07 Å². The van der Waals surface area contributed by atoms with Crippen LogP contribution in [-0.2, 0) is 9.53 Å². The van der Waals surface area contributed by atoms with Crippen LogP contribution < -0.4 is 35.0 Å². The maximum Gasteiger partial charge on any atom is 0.337 e. The summed E-state index contributed by atoms with van der Waals surface area (Å²) in [6.45, 7) is 3.64. The number of carbonyl (C=O) groups is 2. The highest BCUT2D eigenvalue weighted by atomic mass is 127. The first-order chi connectivity index (χ1) is 18.7. The van der Waals surface area contributed by atoms with Crippen molar-refractivity contribution in [2.24, 2.45) is 5.10 Å². The van der Waals surface area contributed by atoms with Gasteiger partial charge in [0.2, 0.25) is 0 Å². The van der Waals surface area contributed by atoms with Gasteiger partial charge in [0, 0.05) is 5.70 Å². The highest BCUT2D eigenvalue weighted by molar-refractivity contribution is 14.1. The summed E-state index contributed by atoms with van der Waals surface area (Å²) in [4.78, 5) is 24.5. The lowest BCUT2D eigenvalue weighted by Gasteiger charge is -2.28. The van der Waals surface area contributed by atoms with Crippen molar-refractivity contribution < 1.29 is 38.4 Å². The molecule has 0 radical (unpaired) electrons. The molecule has 2 amide bonds. The Balaban J connectivity index is 1.70. The Kier molecular flexibility index (Phi) is 10.6. The van der Waals surface area contributed by atoms with E-state index in [0.29, 0.717) is 40.9 Å². The van der Waals surface area contributed by atoms with Crippen LogP contribution in [0.1, 0.15) is 31.0 Å². The summed E-state index contributed by atoms with van der Waals surface area (Å²) >= 11 is 2.14. The molecule has 2 aromatic carbocycles. The number of rotatable bonds is 12. The van der Waals surface area contributed by atoms with Crippen molar-refractivity contribution in [2.45, 2.75) is 26.1 Å². The second-order valence-corrected chi connectivity index (χ2v) is 9.32. The van der Waals surface area contributed by atoms with Crippen molar-refractivity contribution in [1.29, 1.82) is 0 Å². The molecular weight excluding hydrogens is 623 g/mol. The molecule has 0 aromatic heterocycles. The molecule has 3 rings (SSSR count). The number of esters is 1. The summed E-state index contributed by atoms with van der Waals surface area (Å²) < 4.78 is 27.9.